The molecule has 3 atom stereocenters. The predicted molar refractivity (Wildman–Crippen MR) is 155 cm³/mol. The summed E-state index contributed by atoms with van der Waals surface area (Å²) in [5.41, 5.74) is 26.0. The Morgan fingerprint density at radius 2 is 1.73 bits per heavy atom. The summed E-state index contributed by atoms with van der Waals surface area (Å²) < 4.78 is 5.56. The van der Waals surface area contributed by atoms with Crippen molar-refractivity contribution in [2.24, 2.45) is 39.8 Å². The van der Waals surface area contributed by atoms with E-state index in [4.69, 9.17) is 27.5 Å². The summed E-state index contributed by atoms with van der Waals surface area (Å²) in [5, 5.41) is 17.1. The SMILES string of the molecule is Cc1cc(O)cc(C)c1C[C@H](C(=O)N[C@@H](CCCN)c1nc(Cc2ccccc2)no1)C(CCN=C(N)N)C(N)=O. The van der Waals surface area contributed by atoms with Crippen LogP contribution in [0.3, 0.4) is 0 Å². The summed E-state index contributed by atoms with van der Waals surface area (Å²) in [5.74, 6) is -2.06. The van der Waals surface area contributed by atoms with Gasteiger partial charge in [0.2, 0.25) is 17.7 Å². The molecule has 12 heteroatoms. The summed E-state index contributed by atoms with van der Waals surface area (Å²) in [7, 11) is 0. The first-order valence-corrected chi connectivity index (χ1v) is 13.6. The number of aliphatic imine (C=N–C) groups is 1. The van der Waals surface area contributed by atoms with E-state index in [1.807, 2.05) is 44.2 Å². The summed E-state index contributed by atoms with van der Waals surface area (Å²) in [4.78, 5) is 35.1. The van der Waals surface area contributed by atoms with Gasteiger partial charge in [0.15, 0.2) is 11.8 Å². The van der Waals surface area contributed by atoms with E-state index in [1.54, 1.807) is 12.1 Å². The third-order valence-corrected chi connectivity index (χ3v) is 7.03. The molecule has 0 radical (unpaired) electrons. The topological polar surface area (TPSA) is 222 Å². The number of aryl methyl sites for hydroxylation is 2. The van der Waals surface area contributed by atoms with Gasteiger partial charge in [0.25, 0.3) is 0 Å². The number of benzene rings is 2. The van der Waals surface area contributed by atoms with Crippen LogP contribution in [0.5, 0.6) is 5.75 Å². The molecule has 41 heavy (non-hydrogen) atoms. The monoisotopic (exact) mass is 564 g/mol. The van der Waals surface area contributed by atoms with Crippen LogP contribution < -0.4 is 28.3 Å². The van der Waals surface area contributed by atoms with Crippen LogP contribution >= 0.6 is 0 Å². The molecule has 12 nitrogen and oxygen atoms in total. The Bertz CT molecular complexity index is 1310. The quantitative estimate of drug-likeness (QED) is 0.116. The molecule has 0 aliphatic heterocycles. The van der Waals surface area contributed by atoms with Crippen molar-refractivity contribution >= 4 is 17.8 Å². The van der Waals surface area contributed by atoms with Gasteiger partial charge in [-0.25, -0.2) is 0 Å². The van der Waals surface area contributed by atoms with Crippen molar-refractivity contribution < 1.29 is 19.2 Å². The van der Waals surface area contributed by atoms with E-state index in [9.17, 15) is 14.7 Å². The highest BCUT2D eigenvalue weighted by Crippen LogP contribution is 2.29. The molecule has 10 N–H and O–H groups in total. The predicted octanol–water partition coefficient (Wildman–Crippen LogP) is 1.50. The molecule has 0 saturated heterocycles. The van der Waals surface area contributed by atoms with Gasteiger partial charge in [0.05, 0.1) is 11.8 Å². The van der Waals surface area contributed by atoms with Crippen molar-refractivity contribution in [3.63, 3.8) is 0 Å². The second-order valence-electron chi connectivity index (χ2n) is 10.2. The van der Waals surface area contributed by atoms with Crippen LogP contribution in [0, 0.1) is 25.7 Å². The van der Waals surface area contributed by atoms with E-state index in [-0.39, 0.29) is 37.0 Å². The Labute approximate surface area is 239 Å². The summed E-state index contributed by atoms with van der Waals surface area (Å²) in [6.07, 6.45) is 1.88. The number of phenolic OH excluding ortho intramolecular Hbond substituents is 1. The highest BCUT2D eigenvalue weighted by Gasteiger charge is 2.35. The number of carbonyl (C=O) groups excluding carboxylic acids is 2. The van der Waals surface area contributed by atoms with Crippen molar-refractivity contribution in [2.45, 2.75) is 52.0 Å². The van der Waals surface area contributed by atoms with Gasteiger partial charge < -0.3 is 37.9 Å². The van der Waals surface area contributed by atoms with Crippen LogP contribution in [-0.4, -0.2) is 46.1 Å². The van der Waals surface area contributed by atoms with E-state index in [1.165, 1.54) is 0 Å². The Morgan fingerprint density at radius 3 is 2.34 bits per heavy atom. The first kappa shape index (κ1) is 31.1. The van der Waals surface area contributed by atoms with Crippen LogP contribution in [0.25, 0.3) is 0 Å². The van der Waals surface area contributed by atoms with Crippen molar-refractivity contribution in [3.8, 4) is 5.75 Å². The number of aromatic hydroxyl groups is 1. The fourth-order valence-electron chi connectivity index (χ4n) is 4.92. The average Bonchev–Trinajstić information content (AvgIpc) is 3.37. The lowest BCUT2D eigenvalue weighted by Crippen LogP contribution is -2.43. The number of phenols is 1. The van der Waals surface area contributed by atoms with E-state index >= 15 is 0 Å². The van der Waals surface area contributed by atoms with Crippen LogP contribution in [0.2, 0.25) is 0 Å². The molecule has 1 unspecified atom stereocenters. The van der Waals surface area contributed by atoms with Crippen molar-refractivity contribution in [3.05, 3.63) is 76.4 Å². The molecule has 3 aromatic rings. The van der Waals surface area contributed by atoms with Crippen LogP contribution in [0.15, 0.2) is 52.0 Å². The number of primary amides is 1. The Hall–Kier alpha value is -4.45. The van der Waals surface area contributed by atoms with Crippen molar-refractivity contribution in [2.75, 3.05) is 13.1 Å². The molecular weight excluding hydrogens is 524 g/mol. The van der Waals surface area contributed by atoms with Gasteiger partial charge in [0, 0.05) is 13.0 Å². The maximum atomic E-state index is 14.0. The molecule has 2 aromatic carbocycles. The molecule has 0 fully saturated rings. The smallest absolute Gasteiger partial charge is 0.249 e. The number of nitrogens with two attached hydrogens (primary N) is 4. The van der Waals surface area contributed by atoms with Gasteiger partial charge in [-0.05, 0) is 80.5 Å². The van der Waals surface area contributed by atoms with Crippen LogP contribution in [-0.2, 0) is 22.4 Å². The molecule has 0 saturated carbocycles. The van der Waals surface area contributed by atoms with Gasteiger partial charge >= 0.3 is 0 Å². The van der Waals surface area contributed by atoms with Gasteiger partial charge in [0.1, 0.15) is 11.8 Å². The van der Waals surface area contributed by atoms with Gasteiger partial charge in [-0.15, -0.1) is 0 Å². The zero-order chi connectivity index (χ0) is 29.9. The third kappa shape index (κ3) is 9.04. The number of amides is 2. The molecule has 0 aliphatic carbocycles. The standard InChI is InChI=1S/C29H40N8O4/c1-17-13-20(38)14-18(2)22(17)16-23(21(26(31)39)10-12-34-29(32)33)27(40)35-24(9-6-11-30)28-36-25(37-41-28)15-19-7-4-3-5-8-19/h3-5,7-8,13-14,21,23-24,38H,6,9-12,15-16,30H2,1-2H3,(H2,31,39)(H,35,40)(H4,32,33,34)/t21?,23-,24-/m0/s1. The highest BCUT2D eigenvalue weighted by molar-refractivity contribution is 5.87. The fraction of sp³-hybridized carbons (Fsp3) is 0.414. The minimum atomic E-state index is -0.878. The number of nitrogens with one attached hydrogen (secondary N) is 1. The van der Waals surface area contributed by atoms with Gasteiger partial charge in [-0.1, -0.05) is 35.5 Å². The lowest BCUT2D eigenvalue weighted by atomic mass is 9.81. The number of nitrogens with zero attached hydrogens (tertiary/aromatic N) is 3. The fourth-order valence-corrected chi connectivity index (χ4v) is 4.92. The Morgan fingerprint density at radius 1 is 1.05 bits per heavy atom. The van der Waals surface area contributed by atoms with Crippen molar-refractivity contribution in [1.82, 2.24) is 15.5 Å². The molecule has 1 aromatic heterocycles. The first-order valence-electron chi connectivity index (χ1n) is 13.6. The van der Waals surface area contributed by atoms with Crippen LogP contribution in [0.4, 0.5) is 0 Å². The number of rotatable bonds is 15. The number of aromatic nitrogens is 2. The molecule has 0 spiro atoms. The molecule has 0 aliphatic rings. The lowest BCUT2D eigenvalue weighted by molar-refractivity contribution is -0.134. The molecule has 2 amide bonds. The number of guanidine groups is 1. The van der Waals surface area contributed by atoms with E-state index in [0.717, 1.165) is 22.3 Å². The molecule has 0 bridgehead atoms. The molecule has 1 heterocycles. The van der Waals surface area contributed by atoms with E-state index < -0.39 is 29.7 Å². The molecular formula is C29H40N8O4. The summed E-state index contributed by atoms with van der Waals surface area (Å²) in [6, 6.07) is 12.3. The first-order chi connectivity index (χ1) is 19.6. The zero-order valence-corrected chi connectivity index (χ0v) is 23.5. The second kappa shape index (κ2) is 14.8. The van der Waals surface area contributed by atoms with Gasteiger partial charge in [-0.2, -0.15) is 4.98 Å². The van der Waals surface area contributed by atoms with E-state index in [2.05, 4.69) is 20.4 Å². The van der Waals surface area contributed by atoms with E-state index in [0.29, 0.717) is 31.6 Å². The minimum absolute atomic E-state index is 0.119. The zero-order valence-electron chi connectivity index (χ0n) is 23.5. The number of carbonyl (C=O) groups is 2. The highest BCUT2D eigenvalue weighted by atomic mass is 16.5. The summed E-state index contributed by atoms with van der Waals surface area (Å²) >= 11 is 0. The lowest BCUT2D eigenvalue weighted by Gasteiger charge is -2.27. The Kier molecular flexibility index (Phi) is 11.2. The van der Waals surface area contributed by atoms with Crippen LogP contribution in [0.1, 0.15) is 59.3 Å². The maximum absolute atomic E-state index is 14.0. The number of hydrogen-bond acceptors (Lipinski definition) is 8. The summed E-state index contributed by atoms with van der Waals surface area (Å²) in [6.45, 7) is 4.20. The molecule has 3 rings (SSSR count). The third-order valence-electron chi connectivity index (χ3n) is 7.03. The largest absolute Gasteiger partial charge is 0.508 e. The Balaban J connectivity index is 1.91. The minimum Gasteiger partial charge on any atom is -0.508 e. The second-order valence-corrected chi connectivity index (χ2v) is 10.2. The maximum Gasteiger partial charge on any atom is 0.249 e. The van der Waals surface area contributed by atoms with Gasteiger partial charge in [-0.3, -0.25) is 14.6 Å². The molecule has 220 valence electrons. The normalized spacial score (nSPS) is 13.2. The average molecular weight is 565 g/mol. The number of hydrogen-bond donors (Lipinski definition) is 6. The van der Waals surface area contributed by atoms with Crippen molar-refractivity contribution in [1.29, 1.82) is 0 Å².